The molecule has 8 heteroatoms. The number of amides is 1. The first-order valence-electron chi connectivity index (χ1n) is 10.6. The standard InChI is InChI=1S/C24H23N3O3S2/c1-3-26-17-7-5-6-8-20(17)31-22(26)12-11-21-23(28)27(4-2)24(32-21)25-16-9-10-18-19(15-16)30-14-13-29-18/h5-12,15H,3-4,13-14H2,1-2H3. The van der Waals surface area contributed by atoms with Crippen LogP contribution in [0.4, 0.5) is 11.4 Å². The van der Waals surface area contributed by atoms with Crippen LogP contribution < -0.4 is 14.4 Å². The minimum absolute atomic E-state index is 0.0193. The van der Waals surface area contributed by atoms with Crippen molar-refractivity contribution in [2.75, 3.05) is 31.2 Å². The first-order chi connectivity index (χ1) is 15.7. The van der Waals surface area contributed by atoms with Crippen LogP contribution in [0.5, 0.6) is 11.5 Å². The number of ether oxygens (including phenoxy) is 2. The number of carbonyl (C=O) groups is 1. The highest BCUT2D eigenvalue weighted by molar-refractivity contribution is 8.18. The molecule has 3 aliphatic rings. The number of benzene rings is 2. The van der Waals surface area contributed by atoms with E-state index in [0.29, 0.717) is 35.6 Å². The number of amidine groups is 1. The van der Waals surface area contributed by atoms with Gasteiger partial charge in [0.05, 0.1) is 21.3 Å². The van der Waals surface area contributed by atoms with Crippen LogP contribution in [0, 0.1) is 0 Å². The zero-order valence-corrected chi connectivity index (χ0v) is 19.5. The van der Waals surface area contributed by atoms with E-state index in [1.54, 1.807) is 16.7 Å². The molecule has 32 heavy (non-hydrogen) atoms. The minimum atomic E-state index is -0.0193. The average Bonchev–Trinajstić information content (AvgIpc) is 3.33. The Morgan fingerprint density at radius 1 is 0.969 bits per heavy atom. The van der Waals surface area contributed by atoms with Gasteiger partial charge in [0.25, 0.3) is 5.91 Å². The van der Waals surface area contributed by atoms with Crippen LogP contribution in [0.1, 0.15) is 13.8 Å². The fraction of sp³-hybridized carbons (Fsp3) is 0.250. The van der Waals surface area contributed by atoms with Crippen molar-refractivity contribution in [3.8, 4) is 11.5 Å². The maximum atomic E-state index is 13.0. The summed E-state index contributed by atoms with van der Waals surface area (Å²) < 4.78 is 11.2. The number of likely N-dealkylation sites (N-methyl/N-ethyl adjacent to an activating group) is 1. The van der Waals surface area contributed by atoms with E-state index in [-0.39, 0.29) is 5.91 Å². The molecule has 3 aliphatic heterocycles. The summed E-state index contributed by atoms with van der Waals surface area (Å²) in [5.74, 6) is 1.40. The van der Waals surface area contributed by atoms with E-state index in [1.165, 1.54) is 22.3 Å². The summed E-state index contributed by atoms with van der Waals surface area (Å²) in [5.41, 5.74) is 1.95. The fourth-order valence-electron chi connectivity index (χ4n) is 3.75. The van der Waals surface area contributed by atoms with Crippen LogP contribution in [-0.4, -0.2) is 42.3 Å². The van der Waals surface area contributed by atoms with Crippen molar-refractivity contribution in [3.63, 3.8) is 0 Å². The molecule has 1 amide bonds. The fourth-order valence-corrected chi connectivity index (χ4v) is 5.88. The SMILES string of the molecule is CCN1C(=O)C(=CC=C2Sc3ccccc3N2CC)SC1=Nc1ccc2c(c1)OCCO2. The second-order valence-corrected chi connectivity index (χ2v) is 9.30. The van der Waals surface area contributed by atoms with Crippen LogP contribution in [-0.2, 0) is 4.79 Å². The Bertz CT molecular complexity index is 1160. The highest BCUT2D eigenvalue weighted by Crippen LogP contribution is 2.46. The molecular formula is C24H23N3O3S2. The van der Waals surface area contributed by atoms with E-state index in [1.807, 2.05) is 37.3 Å². The van der Waals surface area contributed by atoms with Crippen LogP contribution in [0.2, 0.25) is 0 Å². The topological polar surface area (TPSA) is 54.4 Å². The Morgan fingerprint density at radius 3 is 2.56 bits per heavy atom. The van der Waals surface area contributed by atoms with Crippen LogP contribution in [0.15, 0.2) is 74.4 Å². The molecule has 1 saturated heterocycles. The normalized spacial score (nSPS) is 21.2. The van der Waals surface area contributed by atoms with Gasteiger partial charge < -0.3 is 14.4 Å². The highest BCUT2D eigenvalue weighted by Gasteiger charge is 2.32. The third-order valence-electron chi connectivity index (χ3n) is 5.28. The second-order valence-electron chi connectivity index (χ2n) is 7.22. The maximum absolute atomic E-state index is 13.0. The van der Waals surface area contributed by atoms with Gasteiger partial charge >= 0.3 is 0 Å². The third kappa shape index (κ3) is 3.89. The number of nitrogens with zero attached hydrogens (tertiary/aromatic N) is 3. The van der Waals surface area contributed by atoms with Crippen LogP contribution in [0.3, 0.4) is 0 Å². The van der Waals surface area contributed by atoms with E-state index in [2.05, 4.69) is 36.1 Å². The largest absolute Gasteiger partial charge is 0.486 e. The molecule has 5 rings (SSSR count). The lowest BCUT2D eigenvalue weighted by Gasteiger charge is -2.18. The Hall–Kier alpha value is -2.84. The van der Waals surface area contributed by atoms with Gasteiger partial charge in [-0.2, -0.15) is 0 Å². The molecule has 0 unspecified atom stereocenters. The van der Waals surface area contributed by atoms with Crippen molar-refractivity contribution in [2.45, 2.75) is 18.7 Å². The Balaban J connectivity index is 1.41. The molecule has 164 valence electrons. The number of aliphatic imine (C=N–C) groups is 1. The summed E-state index contributed by atoms with van der Waals surface area (Å²) >= 11 is 3.13. The van der Waals surface area contributed by atoms with Gasteiger partial charge in [-0.05, 0) is 62.0 Å². The highest BCUT2D eigenvalue weighted by atomic mass is 32.2. The molecule has 0 aromatic heterocycles. The van der Waals surface area contributed by atoms with Gasteiger partial charge in [0.2, 0.25) is 0 Å². The van der Waals surface area contributed by atoms with Gasteiger partial charge in [-0.3, -0.25) is 9.69 Å². The van der Waals surface area contributed by atoms with Crippen molar-refractivity contribution in [2.24, 2.45) is 4.99 Å². The number of anilines is 1. The summed E-state index contributed by atoms with van der Waals surface area (Å²) in [6, 6.07) is 14.0. The van der Waals surface area contributed by atoms with Gasteiger partial charge in [0.1, 0.15) is 13.2 Å². The molecule has 3 heterocycles. The lowest BCUT2D eigenvalue weighted by atomic mass is 10.2. The molecule has 0 N–H and O–H groups in total. The number of para-hydroxylation sites is 1. The molecule has 0 atom stereocenters. The van der Waals surface area contributed by atoms with Crippen molar-refractivity contribution in [3.05, 3.63) is 64.6 Å². The van der Waals surface area contributed by atoms with Crippen molar-refractivity contribution in [1.29, 1.82) is 0 Å². The molecule has 6 nitrogen and oxygen atoms in total. The minimum Gasteiger partial charge on any atom is -0.486 e. The van der Waals surface area contributed by atoms with Crippen molar-refractivity contribution >= 4 is 46.0 Å². The average molecular weight is 466 g/mol. The Kier molecular flexibility index (Phi) is 5.89. The summed E-state index contributed by atoms with van der Waals surface area (Å²) in [6.07, 6.45) is 3.95. The molecule has 0 aliphatic carbocycles. The molecule has 1 fully saturated rings. The van der Waals surface area contributed by atoms with E-state index < -0.39 is 0 Å². The number of allylic oxidation sites excluding steroid dienone is 2. The summed E-state index contributed by atoms with van der Waals surface area (Å²) in [5, 5.41) is 1.79. The smallest absolute Gasteiger partial charge is 0.266 e. The number of rotatable bonds is 4. The predicted octanol–water partition coefficient (Wildman–Crippen LogP) is 5.40. The van der Waals surface area contributed by atoms with E-state index in [4.69, 9.17) is 14.5 Å². The van der Waals surface area contributed by atoms with Crippen molar-refractivity contribution in [1.82, 2.24) is 4.90 Å². The molecule has 0 spiro atoms. The number of thioether (sulfide) groups is 2. The molecule has 2 aromatic carbocycles. The van der Waals surface area contributed by atoms with Gasteiger partial charge in [0.15, 0.2) is 16.7 Å². The molecule has 0 saturated carbocycles. The van der Waals surface area contributed by atoms with E-state index in [0.717, 1.165) is 23.0 Å². The molecule has 0 bridgehead atoms. The van der Waals surface area contributed by atoms with Gasteiger partial charge in [-0.25, -0.2) is 4.99 Å². The predicted molar refractivity (Wildman–Crippen MR) is 131 cm³/mol. The van der Waals surface area contributed by atoms with Crippen LogP contribution in [0.25, 0.3) is 0 Å². The zero-order chi connectivity index (χ0) is 22.1. The molecule has 2 aromatic rings. The number of hydrogen-bond donors (Lipinski definition) is 0. The Labute approximate surface area is 196 Å². The number of carbonyl (C=O) groups excluding carboxylic acids is 1. The number of fused-ring (bicyclic) bond motifs is 2. The first-order valence-corrected chi connectivity index (χ1v) is 12.3. The van der Waals surface area contributed by atoms with E-state index >= 15 is 0 Å². The van der Waals surface area contributed by atoms with Gasteiger partial charge in [-0.15, -0.1) is 0 Å². The summed E-state index contributed by atoms with van der Waals surface area (Å²) in [7, 11) is 0. The third-order valence-corrected chi connectivity index (χ3v) is 7.44. The van der Waals surface area contributed by atoms with E-state index in [9.17, 15) is 4.79 Å². The molecular weight excluding hydrogens is 442 g/mol. The lowest BCUT2D eigenvalue weighted by Crippen LogP contribution is -2.28. The molecule has 0 radical (unpaired) electrons. The number of hydrogen-bond acceptors (Lipinski definition) is 7. The van der Waals surface area contributed by atoms with Gasteiger partial charge in [0, 0.05) is 24.1 Å². The monoisotopic (exact) mass is 465 g/mol. The summed E-state index contributed by atoms with van der Waals surface area (Å²) in [4.78, 5) is 23.6. The zero-order valence-electron chi connectivity index (χ0n) is 17.9. The van der Waals surface area contributed by atoms with Crippen LogP contribution >= 0.6 is 23.5 Å². The summed E-state index contributed by atoms with van der Waals surface area (Å²) in [6.45, 7) is 6.61. The second kappa shape index (κ2) is 8.96. The quantitative estimate of drug-likeness (QED) is 0.564. The lowest BCUT2D eigenvalue weighted by molar-refractivity contribution is -0.122. The van der Waals surface area contributed by atoms with Crippen molar-refractivity contribution < 1.29 is 14.3 Å². The first kappa shape index (κ1) is 21.0. The van der Waals surface area contributed by atoms with Gasteiger partial charge in [-0.1, -0.05) is 23.9 Å². The Morgan fingerprint density at radius 2 is 1.75 bits per heavy atom. The maximum Gasteiger partial charge on any atom is 0.266 e.